The Hall–Kier alpha value is -3.05. The summed E-state index contributed by atoms with van der Waals surface area (Å²) in [5.41, 5.74) is 2.85. The second-order valence-electron chi connectivity index (χ2n) is 5.96. The Kier molecular flexibility index (Phi) is 6.87. The van der Waals surface area contributed by atoms with Crippen LogP contribution in [0.15, 0.2) is 89.8 Å². The quantitative estimate of drug-likeness (QED) is 0.512. The van der Waals surface area contributed by atoms with Gasteiger partial charge < -0.3 is 9.84 Å². The highest BCUT2D eigenvalue weighted by Crippen LogP contribution is 2.27. The summed E-state index contributed by atoms with van der Waals surface area (Å²) in [6, 6.07) is 23.8. The van der Waals surface area contributed by atoms with Gasteiger partial charge in [-0.05, 0) is 53.1 Å². The van der Waals surface area contributed by atoms with E-state index in [9.17, 15) is 9.18 Å². The highest BCUT2D eigenvalue weighted by Gasteiger charge is 2.06. The van der Waals surface area contributed by atoms with E-state index in [-0.39, 0.29) is 12.4 Å². The largest absolute Gasteiger partial charge is 0.482 e. The molecule has 28 heavy (non-hydrogen) atoms. The standard InChI is InChI=1S/C23H19FO3S/c24-19-8-4-7-18(15-19)22(17-5-2-1-3-6-17)13-14-28-21-11-9-20(10-12-21)27-16-23(25)26/h1-13,15H,14,16H2,(H,25,26)/b22-13+. The number of carboxylic acid groups (broad SMARTS) is 1. The predicted molar refractivity (Wildman–Crippen MR) is 110 cm³/mol. The number of rotatable bonds is 8. The van der Waals surface area contributed by atoms with Crippen molar-refractivity contribution in [1.29, 1.82) is 0 Å². The van der Waals surface area contributed by atoms with Crippen molar-refractivity contribution in [3.05, 3.63) is 102 Å². The second kappa shape index (κ2) is 9.76. The first-order valence-electron chi connectivity index (χ1n) is 8.71. The molecule has 0 unspecified atom stereocenters. The van der Waals surface area contributed by atoms with Gasteiger partial charge in [0, 0.05) is 10.6 Å². The lowest BCUT2D eigenvalue weighted by Crippen LogP contribution is -2.09. The van der Waals surface area contributed by atoms with Crippen molar-refractivity contribution in [2.75, 3.05) is 12.4 Å². The molecule has 0 atom stereocenters. The first-order valence-corrected chi connectivity index (χ1v) is 9.69. The second-order valence-corrected chi connectivity index (χ2v) is 7.05. The van der Waals surface area contributed by atoms with Gasteiger partial charge in [0.05, 0.1) is 0 Å². The molecule has 3 aromatic carbocycles. The maximum atomic E-state index is 13.7. The van der Waals surface area contributed by atoms with Crippen molar-refractivity contribution in [1.82, 2.24) is 0 Å². The number of hydrogen-bond acceptors (Lipinski definition) is 3. The normalized spacial score (nSPS) is 11.2. The van der Waals surface area contributed by atoms with Crippen molar-refractivity contribution in [3.8, 4) is 5.75 Å². The lowest BCUT2D eigenvalue weighted by molar-refractivity contribution is -0.139. The van der Waals surface area contributed by atoms with Gasteiger partial charge in [-0.15, -0.1) is 11.8 Å². The Labute approximate surface area is 167 Å². The van der Waals surface area contributed by atoms with E-state index in [0.717, 1.165) is 21.6 Å². The summed E-state index contributed by atoms with van der Waals surface area (Å²) in [5.74, 6) is -0.0406. The lowest BCUT2D eigenvalue weighted by atomic mass is 9.98. The summed E-state index contributed by atoms with van der Waals surface area (Å²) in [6.45, 7) is -0.358. The van der Waals surface area contributed by atoms with E-state index in [0.29, 0.717) is 11.5 Å². The van der Waals surface area contributed by atoms with Crippen LogP contribution in [0.3, 0.4) is 0 Å². The fraction of sp³-hybridized carbons (Fsp3) is 0.0870. The van der Waals surface area contributed by atoms with Gasteiger partial charge in [0.1, 0.15) is 11.6 Å². The minimum Gasteiger partial charge on any atom is -0.482 e. The van der Waals surface area contributed by atoms with E-state index >= 15 is 0 Å². The fourth-order valence-corrected chi connectivity index (χ4v) is 3.45. The molecule has 0 radical (unpaired) electrons. The van der Waals surface area contributed by atoms with Crippen LogP contribution in [0.4, 0.5) is 4.39 Å². The molecule has 0 bridgehead atoms. The predicted octanol–water partition coefficient (Wildman–Crippen LogP) is 5.51. The zero-order valence-corrected chi connectivity index (χ0v) is 15.9. The molecule has 0 aliphatic heterocycles. The summed E-state index contributed by atoms with van der Waals surface area (Å²) in [7, 11) is 0. The van der Waals surface area contributed by atoms with Crippen molar-refractivity contribution in [2.45, 2.75) is 4.90 Å². The fourth-order valence-electron chi connectivity index (χ4n) is 2.67. The summed E-state index contributed by atoms with van der Waals surface area (Å²) < 4.78 is 18.8. The van der Waals surface area contributed by atoms with E-state index in [1.54, 1.807) is 30.0 Å². The minimum atomic E-state index is -1.01. The number of carboxylic acids is 1. The molecule has 142 valence electrons. The zero-order valence-electron chi connectivity index (χ0n) is 15.0. The van der Waals surface area contributed by atoms with Crippen LogP contribution in [0.1, 0.15) is 11.1 Å². The number of carbonyl (C=O) groups is 1. The van der Waals surface area contributed by atoms with Gasteiger partial charge in [0.25, 0.3) is 0 Å². The molecule has 3 rings (SSSR count). The molecule has 0 aliphatic rings. The van der Waals surface area contributed by atoms with Gasteiger partial charge in [-0.25, -0.2) is 9.18 Å². The van der Waals surface area contributed by atoms with E-state index < -0.39 is 5.97 Å². The van der Waals surface area contributed by atoms with E-state index in [4.69, 9.17) is 9.84 Å². The van der Waals surface area contributed by atoms with Gasteiger partial charge in [-0.2, -0.15) is 0 Å². The maximum Gasteiger partial charge on any atom is 0.341 e. The number of hydrogen-bond donors (Lipinski definition) is 1. The molecule has 0 saturated heterocycles. The van der Waals surface area contributed by atoms with E-state index in [1.807, 2.05) is 48.5 Å². The minimum absolute atomic E-state index is 0.260. The van der Waals surface area contributed by atoms with Crippen LogP contribution in [0.2, 0.25) is 0 Å². The monoisotopic (exact) mass is 394 g/mol. The Morgan fingerprint density at radius 2 is 1.68 bits per heavy atom. The van der Waals surface area contributed by atoms with E-state index in [2.05, 4.69) is 6.08 Å². The summed E-state index contributed by atoms with van der Waals surface area (Å²) in [6.07, 6.45) is 2.09. The molecular weight excluding hydrogens is 375 g/mol. The first-order chi connectivity index (χ1) is 13.6. The molecule has 1 N–H and O–H groups in total. The number of benzene rings is 3. The van der Waals surface area contributed by atoms with Gasteiger partial charge in [0.2, 0.25) is 0 Å². The number of aliphatic carboxylic acids is 1. The van der Waals surface area contributed by atoms with Crippen LogP contribution in [-0.2, 0) is 4.79 Å². The molecule has 0 aromatic heterocycles. The van der Waals surface area contributed by atoms with Crippen molar-refractivity contribution in [2.24, 2.45) is 0 Å². The Balaban J connectivity index is 1.72. The average molecular weight is 394 g/mol. The maximum absolute atomic E-state index is 13.7. The van der Waals surface area contributed by atoms with Crippen molar-refractivity contribution in [3.63, 3.8) is 0 Å². The molecule has 0 amide bonds. The van der Waals surface area contributed by atoms with Crippen LogP contribution in [-0.4, -0.2) is 23.4 Å². The van der Waals surface area contributed by atoms with Gasteiger partial charge >= 0.3 is 5.97 Å². The SMILES string of the molecule is O=C(O)COc1ccc(SC/C=C(\c2ccccc2)c2cccc(F)c2)cc1. The molecule has 0 aliphatic carbocycles. The molecule has 3 nitrogen and oxygen atoms in total. The smallest absolute Gasteiger partial charge is 0.341 e. The van der Waals surface area contributed by atoms with Gasteiger partial charge in [-0.3, -0.25) is 0 Å². The highest BCUT2D eigenvalue weighted by molar-refractivity contribution is 7.99. The Morgan fingerprint density at radius 3 is 2.36 bits per heavy atom. The summed E-state index contributed by atoms with van der Waals surface area (Å²) in [5, 5.41) is 8.64. The number of thioether (sulfide) groups is 1. The van der Waals surface area contributed by atoms with Crippen LogP contribution in [0.5, 0.6) is 5.75 Å². The van der Waals surface area contributed by atoms with Gasteiger partial charge in [-0.1, -0.05) is 48.5 Å². The lowest BCUT2D eigenvalue weighted by Gasteiger charge is -2.09. The molecule has 5 heteroatoms. The van der Waals surface area contributed by atoms with Crippen LogP contribution < -0.4 is 4.74 Å². The van der Waals surface area contributed by atoms with Crippen molar-refractivity contribution >= 4 is 23.3 Å². The molecule has 0 spiro atoms. The first kappa shape index (κ1) is 19.7. The van der Waals surface area contributed by atoms with E-state index in [1.165, 1.54) is 12.1 Å². The average Bonchev–Trinajstić information content (AvgIpc) is 2.71. The molecule has 0 heterocycles. The Morgan fingerprint density at radius 1 is 0.964 bits per heavy atom. The summed E-state index contributed by atoms with van der Waals surface area (Å²) in [4.78, 5) is 11.6. The molecular formula is C23H19FO3S. The highest BCUT2D eigenvalue weighted by atomic mass is 32.2. The van der Waals surface area contributed by atoms with Crippen LogP contribution in [0.25, 0.3) is 5.57 Å². The third-order valence-corrected chi connectivity index (χ3v) is 4.88. The molecule has 0 saturated carbocycles. The Bertz CT molecular complexity index is 953. The number of halogens is 1. The third-order valence-electron chi connectivity index (χ3n) is 3.94. The molecule has 3 aromatic rings. The third kappa shape index (κ3) is 5.72. The topological polar surface area (TPSA) is 46.5 Å². The number of ether oxygens (including phenoxy) is 1. The van der Waals surface area contributed by atoms with Gasteiger partial charge in [0.15, 0.2) is 6.61 Å². The summed E-state index contributed by atoms with van der Waals surface area (Å²) >= 11 is 1.63. The van der Waals surface area contributed by atoms with Crippen LogP contribution in [0, 0.1) is 5.82 Å². The van der Waals surface area contributed by atoms with Crippen molar-refractivity contribution < 1.29 is 19.0 Å². The zero-order chi connectivity index (χ0) is 19.8. The molecule has 0 fully saturated rings. The van der Waals surface area contributed by atoms with Crippen LogP contribution >= 0.6 is 11.8 Å².